The molecule has 4 rings (SSSR count). The Morgan fingerprint density at radius 2 is 1.88 bits per heavy atom. The third kappa shape index (κ3) is 4.16. The van der Waals surface area contributed by atoms with Gasteiger partial charge in [-0.25, -0.2) is 19.9 Å². The van der Waals surface area contributed by atoms with E-state index in [1.54, 1.807) is 18.6 Å². The van der Waals surface area contributed by atoms with Crippen LogP contribution >= 0.6 is 0 Å². The number of aryl methyl sites for hydroxylation is 1. The van der Waals surface area contributed by atoms with Crippen molar-refractivity contribution in [3.8, 4) is 11.3 Å². The molecule has 8 nitrogen and oxygen atoms in total. The summed E-state index contributed by atoms with van der Waals surface area (Å²) in [5, 5.41) is 4.16. The highest BCUT2D eigenvalue weighted by Crippen LogP contribution is 2.26. The fourth-order valence-corrected chi connectivity index (χ4v) is 4.02. The van der Waals surface area contributed by atoms with E-state index in [2.05, 4.69) is 37.2 Å². The van der Waals surface area contributed by atoms with Crippen LogP contribution in [-0.4, -0.2) is 53.1 Å². The minimum atomic E-state index is -0.459. The van der Waals surface area contributed by atoms with Crippen LogP contribution in [0.3, 0.4) is 0 Å². The summed E-state index contributed by atoms with van der Waals surface area (Å²) in [5.41, 5.74) is 11.3. The number of carbonyl (C=O) groups excluding carboxylic acids is 1. The van der Waals surface area contributed by atoms with Gasteiger partial charge in [0.15, 0.2) is 15.7 Å². The monoisotopic (exact) mass is 423 g/mol. The van der Waals surface area contributed by atoms with Gasteiger partial charge in [0.1, 0.15) is 18.0 Å². The molecule has 158 valence electrons. The van der Waals surface area contributed by atoms with Crippen molar-refractivity contribution >= 4 is 49.5 Å². The lowest BCUT2D eigenvalue weighted by Gasteiger charge is -2.16. The third-order valence-corrected chi connectivity index (χ3v) is 5.49. The molecule has 0 radical (unpaired) electrons. The van der Waals surface area contributed by atoms with Crippen molar-refractivity contribution in [2.24, 2.45) is 5.73 Å². The Morgan fingerprint density at radius 1 is 1.12 bits per heavy atom. The predicted molar refractivity (Wildman–Crippen MR) is 131 cm³/mol. The van der Waals surface area contributed by atoms with Crippen LogP contribution in [0.2, 0.25) is 0 Å². The molecule has 3 heterocycles. The fraction of sp³-hybridized carbons (Fsp3) is 0.182. The van der Waals surface area contributed by atoms with Gasteiger partial charge in [0.25, 0.3) is 0 Å². The number of aromatic nitrogens is 5. The van der Waals surface area contributed by atoms with Crippen LogP contribution in [0.1, 0.15) is 34.6 Å². The molecule has 1 atom stereocenters. The number of benzene rings is 1. The second-order valence-corrected chi connectivity index (χ2v) is 7.85. The summed E-state index contributed by atoms with van der Waals surface area (Å²) in [6.07, 6.45) is 3.16. The SMILES string of the molecule is Bc1nc(C)nc(B)c1-c1cc(NC[C@@H](C)c2cccc3c(C(N)=O)ccnc23)ncn1. The molecule has 0 spiro atoms. The number of rotatable bonds is 6. The van der Waals surface area contributed by atoms with Crippen molar-refractivity contribution in [2.45, 2.75) is 19.8 Å². The summed E-state index contributed by atoms with van der Waals surface area (Å²) < 4.78 is 0. The molecule has 0 saturated carbocycles. The van der Waals surface area contributed by atoms with Crippen molar-refractivity contribution in [1.82, 2.24) is 24.9 Å². The van der Waals surface area contributed by atoms with Crippen molar-refractivity contribution < 1.29 is 4.79 Å². The van der Waals surface area contributed by atoms with Crippen molar-refractivity contribution in [3.63, 3.8) is 0 Å². The Bertz CT molecular complexity index is 1310. The molecule has 0 fully saturated rings. The highest BCUT2D eigenvalue weighted by molar-refractivity contribution is 6.41. The molecule has 0 saturated heterocycles. The quantitative estimate of drug-likeness (QED) is 0.406. The molecule has 32 heavy (non-hydrogen) atoms. The molecule has 3 N–H and O–H groups in total. The van der Waals surface area contributed by atoms with Gasteiger partial charge in [-0.05, 0) is 18.6 Å². The van der Waals surface area contributed by atoms with Gasteiger partial charge in [-0.3, -0.25) is 9.78 Å². The minimum absolute atomic E-state index is 0.110. The molecule has 0 unspecified atom stereocenters. The number of carbonyl (C=O) groups is 1. The first kappa shape index (κ1) is 21.4. The Kier molecular flexibility index (Phi) is 5.85. The van der Waals surface area contributed by atoms with E-state index < -0.39 is 5.91 Å². The van der Waals surface area contributed by atoms with Gasteiger partial charge in [-0.1, -0.05) is 25.1 Å². The number of anilines is 1. The number of nitrogens with two attached hydrogens (primary N) is 1. The number of pyridine rings is 1. The Labute approximate surface area is 188 Å². The van der Waals surface area contributed by atoms with Crippen LogP contribution in [0.25, 0.3) is 22.2 Å². The van der Waals surface area contributed by atoms with E-state index >= 15 is 0 Å². The van der Waals surface area contributed by atoms with Gasteiger partial charge in [-0.15, -0.1) is 0 Å². The Balaban J connectivity index is 1.59. The third-order valence-electron chi connectivity index (χ3n) is 5.49. The lowest BCUT2D eigenvalue weighted by molar-refractivity contribution is 0.100. The second kappa shape index (κ2) is 8.74. The first-order valence-corrected chi connectivity index (χ1v) is 10.4. The first-order valence-electron chi connectivity index (χ1n) is 10.4. The average molecular weight is 423 g/mol. The summed E-state index contributed by atoms with van der Waals surface area (Å²) in [6.45, 7) is 4.61. The number of hydrogen-bond acceptors (Lipinski definition) is 7. The van der Waals surface area contributed by atoms with Gasteiger partial charge >= 0.3 is 0 Å². The van der Waals surface area contributed by atoms with Gasteiger partial charge in [0, 0.05) is 46.9 Å². The van der Waals surface area contributed by atoms with Crippen LogP contribution in [-0.2, 0) is 0 Å². The maximum Gasteiger partial charge on any atom is 0.249 e. The number of nitrogens with zero attached hydrogens (tertiary/aromatic N) is 5. The fourth-order valence-electron chi connectivity index (χ4n) is 4.02. The van der Waals surface area contributed by atoms with E-state index in [4.69, 9.17) is 5.73 Å². The second-order valence-electron chi connectivity index (χ2n) is 7.85. The summed E-state index contributed by atoms with van der Waals surface area (Å²) in [4.78, 5) is 34.0. The number of hydrogen-bond donors (Lipinski definition) is 2. The Hall–Kier alpha value is -3.81. The smallest absolute Gasteiger partial charge is 0.249 e. The van der Waals surface area contributed by atoms with Crippen molar-refractivity contribution in [1.29, 1.82) is 0 Å². The first-order chi connectivity index (χ1) is 15.3. The van der Waals surface area contributed by atoms with Crippen LogP contribution < -0.4 is 22.2 Å². The zero-order chi connectivity index (χ0) is 22.8. The molecular weight excluding hydrogens is 400 g/mol. The van der Waals surface area contributed by atoms with Crippen LogP contribution in [0.5, 0.6) is 0 Å². The van der Waals surface area contributed by atoms with Crippen molar-refractivity contribution in [2.75, 3.05) is 11.9 Å². The number of nitrogens with one attached hydrogen (secondary N) is 1. The average Bonchev–Trinajstić information content (AvgIpc) is 2.76. The summed E-state index contributed by atoms with van der Waals surface area (Å²) in [6, 6.07) is 9.38. The molecule has 1 aromatic carbocycles. The zero-order valence-corrected chi connectivity index (χ0v) is 18.5. The van der Waals surface area contributed by atoms with Gasteiger partial charge < -0.3 is 11.1 Å². The molecule has 1 amide bonds. The number of amides is 1. The molecule has 0 aliphatic rings. The molecule has 4 aromatic rings. The van der Waals surface area contributed by atoms with Gasteiger partial charge in [0.2, 0.25) is 5.91 Å². The lowest BCUT2D eigenvalue weighted by Crippen LogP contribution is -2.27. The van der Waals surface area contributed by atoms with E-state index in [1.807, 2.05) is 46.9 Å². The lowest BCUT2D eigenvalue weighted by atomic mass is 9.87. The minimum Gasteiger partial charge on any atom is -0.369 e. The standard InChI is InChI=1S/C22H23B2N7O/c1-11(13-4-3-5-14-15(22(25)32)6-7-26-19(13)14)9-27-17-8-16(28-10-29-17)18-20(23)30-12(2)31-21(18)24/h3-8,10-11H,9,23-24H2,1-2H3,(H2,25,32)(H,27,28,29)/t11-/m1/s1. The van der Waals surface area contributed by atoms with E-state index in [0.29, 0.717) is 17.9 Å². The number of primary amides is 1. The molecule has 0 aliphatic heterocycles. The van der Waals surface area contributed by atoms with E-state index in [-0.39, 0.29) is 5.92 Å². The Morgan fingerprint density at radius 3 is 2.59 bits per heavy atom. The molecule has 0 aliphatic carbocycles. The normalized spacial score (nSPS) is 11.9. The zero-order valence-electron chi connectivity index (χ0n) is 18.5. The van der Waals surface area contributed by atoms with E-state index in [0.717, 1.165) is 44.7 Å². The van der Waals surface area contributed by atoms with Crippen LogP contribution in [0.4, 0.5) is 5.82 Å². The molecular formula is C22H23B2N7O. The largest absolute Gasteiger partial charge is 0.369 e. The summed E-state index contributed by atoms with van der Waals surface area (Å²) in [7, 11) is 3.92. The van der Waals surface area contributed by atoms with Gasteiger partial charge in [0.05, 0.1) is 16.8 Å². The number of para-hydroxylation sites is 1. The number of fused-ring (bicyclic) bond motifs is 1. The van der Waals surface area contributed by atoms with Gasteiger partial charge in [-0.2, -0.15) is 0 Å². The maximum absolute atomic E-state index is 11.8. The molecule has 3 aromatic heterocycles. The maximum atomic E-state index is 11.8. The highest BCUT2D eigenvalue weighted by atomic mass is 16.1. The molecule has 0 bridgehead atoms. The summed E-state index contributed by atoms with van der Waals surface area (Å²) >= 11 is 0. The van der Waals surface area contributed by atoms with E-state index in [1.165, 1.54) is 0 Å². The van der Waals surface area contributed by atoms with Crippen molar-refractivity contribution in [3.05, 3.63) is 59.8 Å². The van der Waals surface area contributed by atoms with Crippen LogP contribution in [0, 0.1) is 6.92 Å². The summed E-state index contributed by atoms with van der Waals surface area (Å²) in [5.74, 6) is 1.11. The molecule has 10 heteroatoms. The predicted octanol–water partition coefficient (Wildman–Crippen LogP) is -0.378. The van der Waals surface area contributed by atoms with E-state index in [9.17, 15) is 4.79 Å². The highest BCUT2D eigenvalue weighted by Gasteiger charge is 2.15. The topological polar surface area (TPSA) is 120 Å². The van der Waals surface area contributed by atoms with Crippen LogP contribution in [0.15, 0.2) is 42.9 Å².